The topological polar surface area (TPSA) is 32.7 Å². The summed E-state index contributed by atoms with van der Waals surface area (Å²) < 4.78 is 6.14. The predicted molar refractivity (Wildman–Crippen MR) is 89.9 cm³/mol. The van der Waals surface area contributed by atoms with E-state index in [2.05, 4.69) is 11.8 Å². The molecule has 1 N–H and O–H groups in total. The Labute approximate surface area is 137 Å². The van der Waals surface area contributed by atoms with Gasteiger partial charge in [-0.25, -0.2) is 0 Å². The molecular formula is C18H22ClNO2. The second-order valence-electron chi connectivity index (χ2n) is 5.76. The fourth-order valence-electron chi connectivity index (χ4n) is 2.91. The van der Waals surface area contributed by atoms with Crippen molar-refractivity contribution in [1.82, 2.24) is 4.90 Å². The molecule has 0 aromatic heterocycles. The number of hydrogen-bond acceptors (Lipinski definition) is 3. The molecule has 0 bridgehead atoms. The maximum Gasteiger partial charge on any atom is 0.206 e. The lowest BCUT2D eigenvalue weighted by Gasteiger charge is -2.46. The lowest BCUT2D eigenvalue weighted by atomic mass is 9.96. The average Bonchev–Trinajstić information content (AvgIpc) is 2.53. The van der Waals surface area contributed by atoms with Crippen LogP contribution in [-0.2, 0) is 10.5 Å². The zero-order chi connectivity index (χ0) is 14.9. The van der Waals surface area contributed by atoms with Crippen molar-refractivity contribution in [3.8, 4) is 0 Å². The number of halogens is 1. The fourth-order valence-corrected chi connectivity index (χ4v) is 2.91. The predicted octanol–water partition coefficient (Wildman–Crippen LogP) is 3.35. The Morgan fingerprint density at radius 1 is 1.05 bits per heavy atom. The second-order valence-corrected chi connectivity index (χ2v) is 5.76. The first-order valence-corrected chi connectivity index (χ1v) is 7.31. The molecule has 0 radical (unpaired) electrons. The molecule has 0 spiro atoms. The highest BCUT2D eigenvalue weighted by Gasteiger charge is 2.43. The highest BCUT2D eigenvalue weighted by atomic mass is 35.5. The van der Waals surface area contributed by atoms with E-state index in [-0.39, 0.29) is 24.6 Å². The largest absolute Gasteiger partial charge is 0.361 e. The molecule has 0 saturated carbocycles. The van der Waals surface area contributed by atoms with Crippen molar-refractivity contribution < 1.29 is 9.84 Å². The van der Waals surface area contributed by atoms with E-state index >= 15 is 0 Å². The summed E-state index contributed by atoms with van der Waals surface area (Å²) in [7, 11) is 2.02. The van der Waals surface area contributed by atoms with E-state index in [0.717, 1.165) is 11.1 Å². The summed E-state index contributed by atoms with van der Waals surface area (Å²) in [5.74, 6) is -1.27. The summed E-state index contributed by atoms with van der Waals surface area (Å²) in [6.45, 7) is 2.59. The van der Waals surface area contributed by atoms with Crippen LogP contribution < -0.4 is 0 Å². The van der Waals surface area contributed by atoms with E-state index in [1.165, 1.54) is 0 Å². The summed E-state index contributed by atoms with van der Waals surface area (Å²) in [5, 5.41) is 11.0. The molecular weight excluding hydrogens is 298 g/mol. The second kappa shape index (κ2) is 6.80. The van der Waals surface area contributed by atoms with E-state index in [9.17, 15) is 5.11 Å². The molecule has 1 aliphatic rings. The van der Waals surface area contributed by atoms with E-state index in [4.69, 9.17) is 4.74 Å². The van der Waals surface area contributed by atoms with Gasteiger partial charge in [-0.3, -0.25) is 4.90 Å². The van der Waals surface area contributed by atoms with Gasteiger partial charge in [0.15, 0.2) is 0 Å². The highest BCUT2D eigenvalue weighted by Crippen LogP contribution is 2.38. The monoisotopic (exact) mass is 319 g/mol. The number of aliphatic hydroxyl groups is 1. The van der Waals surface area contributed by atoms with E-state index in [1.54, 1.807) is 0 Å². The number of morpholine rings is 1. The number of rotatable bonds is 2. The summed E-state index contributed by atoms with van der Waals surface area (Å²) in [4.78, 5) is 2.15. The molecule has 3 atom stereocenters. The Kier molecular flexibility index (Phi) is 5.24. The van der Waals surface area contributed by atoms with Crippen LogP contribution in [0.1, 0.15) is 24.2 Å². The standard InChI is InChI=1S/C18H21NO2.ClH/c1-14-17(15-9-5-3-6-10-15)21-18(20,13-19(14)2)16-11-7-4-8-12-16;/h3-12,14,17,20H,13H2,1-2H3;1H/t14-,17+,18-;/m0./s1. The van der Waals surface area contributed by atoms with Crippen LogP contribution in [0.3, 0.4) is 0 Å². The minimum atomic E-state index is -1.27. The van der Waals surface area contributed by atoms with E-state index < -0.39 is 5.79 Å². The number of β-amino-alcohol motifs (C(OH)–C–C–N with tert-alkyl or cyclic N) is 1. The molecule has 3 nitrogen and oxygen atoms in total. The van der Waals surface area contributed by atoms with E-state index in [1.807, 2.05) is 67.7 Å². The van der Waals surface area contributed by atoms with Gasteiger partial charge in [0.05, 0.1) is 6.54 Å². The molecule has 2 aromatic rings. The summed E-state index contributed by atoms with van der Waals surface area (Å²) in [6, 6.07) is 19.9. The molecule has 1 fully saturated rings. The molecule has 0 amide bonds. The third kappa shape index (κ3) is 3.18. The molecule has 2 aromatic carbocycles. The fraction of sp³-hybridized carbons (Fsp3) is 0.333. The van der Waals surface area contributed by atoms with Gasteiger partial charge in [0.2, 0.25) is 5.79 Å². The number of nitrogens with zero attached hydrogens (tertiary/aromatic N) is 1. The van der Waals surface area contributed by atoms with Gasteiger partial charge in [0, 0.05) is 11.6 Å². The molecule has 22 heavy (non-hydrogen) atoms. The van der Waals surface area contributed by atoms with Crippen LogP contribution in [0.25, 0.3) is 0 Å². The van der Waals surface area contributed by atoms with Crippen molar-refractivity contribution in [2.24, 2.45) is 0 Å². The van der Waals surface area contributed by atoms with Crippen molar-refractivity contribution in [3.63, 3.8) is 0 Å². The molecule has 4 heteroatoms. The number of benzene rings is 2. The lowest BCUT2D eigenvalue weighted by molar-refractivity contribution is -0.289. The number of hydrogen-bond donors (Lipinski definition) is 1. The summed E-state index contributed by atoms with van der Waals surface area (Å²) >= 11 is 0. The quantitative estimate of drug-likeness (QED) is 0.921. The van der Waals surface area contributed by atoms with Crippen LogP contribution in [0.5, 0.6) is 0 Å². The first kappa shape index (κ1) is 17.0. The Hall–Kier alpha value is -1.39. The average molecular weight is 320 g/mol. The Morgan fingerprint density at radius 2 is 1.59 bits per heavy atom. The maximum absolute atomic E-state index is 11.0. The van der Waals surface area contributed by atoms with Gasteiger partial charge in [-0.15, -0.1) is 12.4 Å². The molecule has 3 rings (SSSR count). The van der Waals surface area contributed by atoms with Crippen LogP contribution in [0.4, 0.5) is 0 Å². The van der Waals surface area contributed by atoms with Crippen molar-refractivity contribution in [2.45, 2.75) is 24.9 Å². The Bertz CT molecular complexity index is 593. The van der Waals surface area contributed by atoms with Crippen LogP contribution in [0, 0.1) is 0 Å². The minimum Gasteiger partial charge on any atom is -0.361 e. The third-order valence-corrected chi connectivity index (χ3v) is 4.27. The maximum atomic E-state index is 11.0. The van der Waals surface area contributed by atoms with Crippen molar-refractivity contribution in [2.75, 3.05) is 13.6 Å². The van der Waals surface area contributed by atoms with Crippen molar-refractivity contribution in [1.29, 1.82) is 0 Å². The molecule has 1 aliphatic heterocycles. The number of ether oxygens (including phenoxy) is 1. The van der Waals surface area contributed by atoms with Gasteiger partial charge >= 0.3 is 0 Å². The number of likely N-dealkylation sites (N-methyl/N-ethyl adjacent to an activating group) is 1. The van der Waals surface area contributed by atoms with Gasteiger partial charge in [-0.1, -0.05) is 60.7 Å². The van der Waals surface area contributed by atoms with Crippen molar-refractivity contribution >= 4 is 12.4 Å². The lowest BCUT2D eigenvalue weighted by Crippen LogP contribution is -2.53. The smallest absolute Gasteiger partial charge is 0.206 e. The summed E-state index contributed by atoms with van der Waals surface area (Å²) in [6.07, 6.45) is -0.157. The molecule has 118 valence electrons. The Balaban J connectivity index is 0.00000176. The first-order chi connectivity index (χ1) is 10.1. The van der Waals surface area contributed by atoms with Crippen molar-refractivity contribution in [3.05, 3.63) is 71.8 Å². The van der Waals surface area contributed by atoms with Crippen LogP contribution in [-0.4, -0.2) is 29.6 Å². The SMILES string of the molecule is C[C@H]1[C@H](c2ccccc2)O[C@](O)(c2ccccc2)CN1C.Cl. The van der Waals surface area contributed by atoms with Gasteiger partial charge in [0.1, 0.15) is 6.10 Å². The van der Waals surface area contributed by atoms with Crippen LogP contribution in [0.15, 0.2) is 60.7 Å². The highest BCUT2D eigenvalue weighted by molar-refractivity contribution is 5.85. The Morgan fingerprint density at radius 3 is 2.18 bits per heavy atom. The van der Waals surface area contributed by atoms with Gasteiger partial charge < -0.3 is 9.84 Å². The molecule has 1 heterocycles. The van der Waals surface area contributed by atoms with Crippen LogP contribution >= 0.6 is 12.4 Å². The zero-order valence-electron chi connectivity index (χ0n) is 12.8. The normalized spacial score (nSPS) is 28.9. The van der Waals surface area contributed by atoms with Gasteiger partial charge in [-0.2, -0.15) is 0 Å². The molecule has 1 saturated heterocycles. The van der Waals surface area contributed by atoms with E-state index in [0.29, 0.717) is 6.54 Å². The first-order valence-electron chi connectivity index (χ1n) is 7.31. The molecule has 0 unspecified atom stereocenters. The minimum absolute atomic E-state index is 0. The van der Waals surface area contributed by atoms with Crippen LogP contribution in [0.2, 0.25) is 0 Å². The third-order valence-electron chi connectivity index (χ3n) is 4.27. The molecule has 0 aliphatic carbocycles. The van der Waals surface area contributed by atoms with Gasteiger partial charge in [0.25, 0.3) is 0 Å². The van der Waals surface area contributed by atoms with Gasteiger partial charge in [-0.05, 0) is 19.5 Å². The summed E-state index contributed by atoms with van der Waals surface area (Å²) in [5.41, 5.74) is 1.88. The zero-order valence-corrected chi connectivity index (χ0v) is 13.7.